The van der Waals surface area contributed by atoms with Gasteiger partial charge in [0.15, 0.2) is 0 Å². The molecule has 276 valence electrons. The monoisotopic (exact) mass is 718 g/mol. The summed E-state index contributed by atoms with van der Waals surface area (Å²) in [6.45, 7) is 14.4. The van der Waals surface area contributed by atoms with Crippen LogP contribution in [0.2, 0.25) is 0 Å². The predicted octanol–water partition coefficient (Wildman–Crippen LogP) is 7.71. The van der Waals surface area contributed by atoms with Crippen LogP contribution in [0.5, 0.6) is 5.75 Å². The number of allylic oxidation sites excluding steroid dienone is 1. The fraction of sp³-hybridized carbons (Fsp3) is 0.476. The molecule has 5 atom stereocenters. The van der Waals surface area contributed by atoms with E-state index in [1.165, 1.54) is 0 Å². The van der Waals surface area contributed by atoms with E-state index in [0.29, 0.717) is 25.7 Å². The lowest BCUT2D eigenvalue weighted by Crippen LogP contribution is -2.64. The first-order chi connectivity index (χ1) is 24.2. The summed E-state index contributed by atoms with van der Waals surface area (Å²) in [5, 5.41) is 23.7. The zero-order valence-corrected chi connectivity index (χ0v) is 31.7. The summed E-state index contributed by atoms with van der Waals surface area (Å²) < 4.78 is 52.4. The molecule has 0 unspecified atom stereocenters. The zero-order chi connectivity index (χ0) is 37.0. The summed E-state index contributed by atoms with van der Waals surface area (Å²) in [5.41, 5.74) is 2.07. The SMILES string of the molecule is C=C1CC[C@H](OCc2ccc(OC)cc2)[C@@](C)(COS(=O)(=O)c2ccc(C)cc2)[C@@H]1[C@H](OCc1ccccc1)[C@]1(O)CCC(C)=C(CO)C1(C)C. The van der Waals surface area contributed by atoms with Gasteiger partial charge in [-0.3, -0.25) is 4.18 Å². The fourth-order valence-electron chi connectivity index (χ4n) is 8.12. The summed E-state index contributed by atoms with van der Waals surface area (Å²) in [4.78, 5) is 0.0655. The van der Waals surface area contributed by atoms with Crippen molar-refractivity contribution in [2.24, 2.45) is 16.7 Å². The number of methoxy groups -OCH3 is 1. The minimum absolute atomic E-state index is 0.0655. The van der Waals surface area contributed by atoms with Gasteiger partial charge in [0.2, 0.25) is 0 Å². The second-order valence-electron chi connectivity index (χ2n) is 15.0. The lowest BCUT2D eigenvalue weighted by molar-refractivity contribution is -0.219. The second kappa shape index (κ2) is 15.7. The quantitative estimate of drug-likeness (QED) is 0.129. The van der Waals surface area contributed by atoms with Gasteiger partial charge >= 0.3 is 0 Å². The van der Waals surface area contributed by atoms with Crippen LogP contribution in [0, 0.1) is 23.7 Å². The van der Waals surface area contributed by atoms with Gasteiger partial charge in [-0.2, -0.15) is 8.42 Å². The van der Waals surface area contributed by atoms with Crippen molar-refractivity contribution in [1.82, 2.24) is 0 Å². The van der Waals surface area contributed by atoms with Crippen LogP contribution in [0.1, 0.15) is 70.1 Å². The van der Waals surface area contributed by atoms with Gasteiger partial charge in [-0.05, 0) is 80.5 Å². The number of ether oxygens (including phenoxy) is 3. The summed E-state index contributed by atoms with van der Waals surface area (Å²) >= 11 is 0. The first-order valence-corrected chi connectivity index (χ1v) is 19.1. The molecule has 0 aliphatic heterocycles. The molecule has 0 heterocycles. The van der Waals surface area contributed by atoms with Gasteiger partial charge in [0, 0.05) is 16.7 Å². The molecule has 0 bridgehead atoms. The third kappa shape index (κ3) is 8.04. The van der Waals surface area contributed by atoms with Crippen LogP contribution in [0.4, 0.5) is 0 Å². The third-order valence-electron chi connectivity index (χ3n) is 11.5. The number of rotatable bonds is 14. The minimum Gasteiger partial charge on any atom is -0.497 e. The standard InChI is InChI=1S/C42H54O8S/c1-29-13-20-35(21-14-29)51(45,46)50-28-41(6)37(48-26-33-16-18-34(47-7)19-17-33)22-15-31(3)38(41)39(49-27-32-11-9-8-10-12-32)42(44)24-23-30(2)36(25-43)40(42,4)5/h8-14,16-21,37-39,43-44H,3,15,22-28H2,1-2,4-7H3/t37-,38-,39-,41+,42+/m0/s1. The summed E-state index contributed by atoms with van der Waals surface area (Å²) in [7, 11) is -2.54. The topological polar surface area (TPSA) is 112 Å². The molecule has 5 rings (SSSR count). The molecule has 9 heteroatoms. The van der Waals surface area contributed by atoms with Gasteiger partial charge in [-0.15, -0.1) is 0 Å². The maximum absolute atomic E-state index is 13.7. The molecule has 1 saturated carbocycles. The Morgan fingerprint density at radius 1 is 0.902 bits per heavy atom. The fourth-order valence-corrected chi connectivity index (χ4v) is 9.13. The van der Waals surface area contributed by atoms with Crippen LogP contribution in [0.15, 0.2) is 107 Å². The van der Waals surface area contributed by atoms with Gasteiger partial charge in [0.25, 0.3) is 10.1 Å². The molecule has 8 nitrogen and oxygen atoms in total. The molecular weight excluding hydrogens is 665 g/mol. The van der Waals surface area contributed by atoms with E-state index < -0.39 is 44.7 Å². The molecule has 2 N–H and O–H groups in total. The first-order valence-electron chi connectivity index (χ1n) is 17.7. The zero-order valence-electron chi connectivity index (χ0n) is 30.9. The smallest absolute Gasteiger partial charge is 0.296 e. The average molecular weight is 719 g/mol. The van der Waals surface area contributed by atoms with Crippen LogP contribution in [-0.2, 0) is 37.0 Å². The number of benzene rings is 3. The molecule has 51 heavy (non-hydrogen) atoms. The Morgan fingerprint density at radius 3 is 2.18 bits per heavy atom. The molecule has 1 fully saturated rings. The van der Waals surface area contributed by atoms with Crippen molar-refractivity contribution in [1.29, 1.82) is 0 Å². The van der Waals surface area contributed by atoms with Crippen molar-refractivity contribution >= 4 is 10.1 Å². The highest BCUT2D eigenvalue weighted by molar-refractivity contribution is 7.86. The van der Waals surface area contributed by atoms with Crippen LogP contribution >= 0.6 is 0 Å². The van der Waals surface area contributed by atoms with E-state index in [1.54, 1.807) is 31.4 Å². The summed E-state index contributed by atoms with van der Waals surface area (Å²) in [6, 6.07) is 24.0. The number of hydrogen-bond acceptors (Lipinski definition) is 8. The number of aliphatic hydroxyl groups excluding tert-OH is 1. The van der Waals surface area contributed by atoms with Crippen molar-refractivity contribution in [3.8, 4) is 5.75 Å². The Labute approximate surface area is 304 Å². The largest absolute Gasteiger partial charge is 0.497 e. The predicted molar refractivity (Wildman–Crippen MR) is 199 cm³/mol. The molecule has 0 amide bonds. The molecule has 0 aromatic heterocycles. The molecule has 2 aliphatic carbocycles. The van der Waals surface area contributed by atoms with Crippen LogP contribution in [-0.4, -0.2) is 56.8 Å². The lowest BCUT2D eigenvalue weighted by Gasteiger charge is -2.58. The molecule has 0 saturated heterocycles. The van der Waals surface area contributed by atoms with Gasteiger partial charge in [0.05, 0.1) is 50.6 Å². The van der Waals surface area contributed by atoms with E-state index in [4.69, 9.17) is 18.4 Å². The average Bonchev–Trinajstić information content (AvgIpc) is 3.11. The minimum atomic E-state index is -4.16. The highest BCUT2D eigenvalue weighted by Crippen LogP contribution is 2.57. The van der Waals surface area contributed by atoms with E-state index in [9.17, 15) is 18.6 Å². The van der Waals surface area contributed by atoms with Gasteiger partial charge in [-0.1, -0.05) is 98.7 Å². The maximum atomic E-state index is 13.7. The molecule has 2 aliphatic rings. The highest BCUT2D eigenvalue weighted by atomic mass is 32.2. The van der Waals surface area contributed by atoms with E-state index in [2.05, 4.69) is 6.58 Å². The van der Waals surface area contributed by atoms with Crippen molar-refractivity contribution in [3.63, 3.8) is 0 Å². The van der Waals surface area contributed by atoms with Crippen LogP contribution < -0.4 is 4.74 Å². The van der Waals surface area contributed by atoms with Crippen molar-refractivity contribution < 1.29 is 37.0 Å². The Morgan fingerprint density at radius 2 is 1.55 bits per heavy atom. The third-order valence-corrected chi connectivity index (χ3v) is 12.8. The van der Waals surface area contributed by atoms with E-state index in [1.807, 2.05) is 89.2 Å². The van der Waals surface area contributed by atoms with Gasteiger partial charge < -0.3 is 24.4 Å². The highest BCUT2D eigenvalue weighted by Gasteiger charge is 2.61. The van der Waals surface area contributed by atoms with E-state index >= 15 is 0 Å². The lowest BCUT2D eigenvalue weighted by atomic mass is 9.53. The molecule has 0 radical (unpaired) electrons. The normalized spacial score (nSPS) is 25.8. The van der Waals surface area contributed by atoms with Crippen LogP contribution in [0.3, 0.4) is 0 Å². The molecule has 0 spiro atoms. The Balaban J connectivity index is 1.60. The van der Waals surface area contributed by atoms with Crippen molar-refractivity contribution in [3.05, 3.63) is 119 Å². The Bertz CT molecular complexity index is 1780. The van der Waals surface area contributed by atoms with Crippen molar-refractivity contribution in [2.75, 3.05) is 20.3 Å². The molecular formula is C42H54O8S. The van der Waals surface area contributed by atoms with Crippen LogP contribution in [0.25, 0.3) is 0 Å². The Hall–Kier alpha value is -3.31. The van der Waals surface area contributed by atoms with E-state index in [0.717, 1.165) is 39.2 Å². The molecule has 3 aromatic rings. The van der Waals surface area contributed by atoms with Gasteiger partial charge in [-0.25, -0.2) is 0 Å². The van der Waals surface area contributed by atoms with E-state index in [-0.39, 0.29) is 31.3 Å². The number of aryl methyl sites for hydroxylation is 1. The Kier molecular flexibility index (Phi) is 12.0. The second-order valence-corrected chi connectivity index (χ2v) is 16.7. The van der Waals surface area contributed by atoms with Crippen molar-refractivity contribution in [2.45, 2.75) is 96.2 Å². The maximum Gasteiger partial charge on any atom is 0.296 e. The summed E-state index contributed by atoms with van der Waals surface area (Å²) in [5.74, 6) is 0.146. The first kappa shape index (κ1) is 38.9. The number of hydrogen-bond donors (Lipinski definition) is 2. The van der Waals surface area contributed by atoms with Gasteiger partial charge in [0.1, 0.15) is 11.4 Å². The number of aliphatic hydroxyl groups is 2. The molecule has 3 aromatic carbocycles. The summed E-state index contributed by atoms with van der Waals surface area (Å²) in [6.07, 6.45) is 0.765.